The zero-order valence-corrected chi connectivity index (χ0v) is 15.2. The zero-order valence-electron chi connectivity index (χ0n) is 15.2. The van der Waals surface area contributed by atoms with Crippen LogP contribution in [-0.2, 0) is 4.74 Å². The molecule has 1 N–H and O–H groups in total. The number of imidazole rings is 1. The summed E-state index contributed by atoms with van der Waals surface area (Å²) in [5.74, 6) is -1.99. The second-order valence-electron chi connectivity index (χ2n) is 6.63. The van der Waals surface area contributed by atoms with Crippen molar-refractivity contribution in [2.24, 2.45) is 0 Å². The largest absolute Gasteiger partial charge is 0.379 e. The van der Waals surface area contributed by atoms with Crippen molar-refractivity contribution in [2.75, 3.05) is 39.4 Å². The Labute approximate surface area is 160 Å². The van der Waals surface area contributed by atoms with Gasteiger partial charge in [-0.2, -0.15) is 0 Å². The molecule has 6 nitrogen and oxygen atoms in total. The number of carbonyl (C=O) groups excluding carboxylic acids is 1. The third kappa shape index (κ3) is 3.88. The number of ether oxygens (including phenoxy) is 1. The summed E-state index contributed by atoms with van der Waals surface area (Å²) < 4.78 is 33.6. The Balaban J connectivity index is 1.46. The number of nitrogens with zero attached hydrogens (tertiary/aromatic N) is 3. The molecule has 0 saturated carbocycles. The van der Waals surface area contributed by atoms with Crippen LogP contribution in [0.2, 0.25) is 0 Å². The number of hydrogen-bond donors (Lipinski definition) is 1. The Bertz CT molecular complexity index is 999. The summed E-state index contributed by atoms with van der Waals surface area (Å²) in [5, 5.41) is 2.92. The number of halogens is 2. The number of hydrogen-bond acceptors (Lipinski definition) is 4. The van der Waals surface area contributed by atoms with Crippen LogP contribution in [-0.4, -0.2) is 59.8 Å². The van der Waals surface area contributed by atoms with Gasteiger partial charge in [-0.25, -0.2) is 13.8 Å². The molecule has 1 aliphatic rings. The van der Waals surface area contributed by atoms with Crippen molar-refractivity contribution in [1.29, 1.82) is 0 Å². The number of amides is 1. The minimum atomic E-state index is -0.921. The standard InChI is InChI=1S/C20H20F2N4O2/c21-16-3-2-15(12-17(16)22)26-13-24-18-11-14(1-4-19(18)26)20(27)23-5-6-25-7-9-28-10-8-25/h1-4,11-13H,5-10H2,(H,23,27). The van der Waals surface area contributed by atoms with Crippen molar-refractivity contribution >= 4 is 16.9 Å². The van der Waals surface area contributed by atoms with Crippen LogP contribution in [0.3, 0.4) is 0 Å². The number of morpholine rings is 1. The number of benzene rings is 2. The monoisotopic (exact) mass is 386 g/mol. The van der Waals surface area contributed by atoms with E-state index in [1.807, 2.05) is 0 Å². The summed E-state index contributed by atoms with van der Waals surface area (Å²) in [7, 11) is 0. The highest BCUT2D eigenvalue weighted by Crippen LogP contribution is 2.21. The predicted molar refractivity (Wildman–Crippen MR) is 101 cm³/mol. The van der Waals surface area contributed by atoms with Gasteiger partial charge < -0.3 is 10.1 Å². The van der Waals surface area contributed by atoms with Crippen LogP contribution in [0.25, 0.3) is 16.7 Å². The number of nitrogens with one attached hydrogen (secondary N) is 1. The molecule has 3 aromatic rings. The van der Waals surface area contributed by atoms with Gasteiger partial charge >= 0.3 is 0 Å². The van der Waals surface area contributed by atoms with E-state index in [1.54, 1.807) is 22.8 Å². The summed E-state index contributed by atoms with van der Waals surface area (Å²) in [5.41, 5.74) is 2.27. The molecule has 2 heterocycles. The Morgan fingerprint density at radius 2 is 1.93 bits per heavy atom. The Morgan fingerprint density at radius 1 is 1.11 bits per heavy atom. The lowest BCUT2D eigenvalue weighted by molar-refractivity contribution is 0.0383. The van der Waals surface area contributed by atoms with Gasteiger partial charge in [0, 0.05) is 37.8 Å². The van der Waals surface area contributed by atoms with Gasteiger partial charge in [0.05, 0.1) is 29.9 Å². The molecular weight excluding hydrogens is 366 g/mol. The molecule has 1 aliphatic heterocycles. The van der Waals surface area contributed by atoms with Crippen molar-refractivity contribution in [1.82, 2.24) is 19.8 Å². The van der Waals surface area contributed by atoms with E-state index in [1.165, 1.54) is 12.4 Å². The van der Waals surface area contributed by atoms with E-state index in [4.69, 9.17) is 4.74 Å². The smallest absolute Gasteiger partial charge is 0.251 e. The molecule has 0 bridgehead atoms. The van der Waals surface area contributed by atoms with Crippen molar-refractivity contribution in [2.45, 2.75) is 0 Å². The van der Waals surface area contributed by atoms with E-state index >= 15 is 0 Å². The third-order valence-corrected chi connectivity index (χ3v) is 4.81. The molecule has 146 valence electrons. The second-order valence-corrected chi connectivity index (χ2v) is 6.63. The maximum absolute atomic E-state index is 13.5. The fourth-order valence-electron chi connectivity index (χ4n) is 3.25. The summed E-state index contributed by atoms with van der Waals surface area (Å²) in [6.45, 7) is 4.55. The highest BCUT2D eigenvalue weighted by Gasteiger charge is 2.13. The summed E-state index contributed by atoms with van der Waals surface area (Å²) in [6.07, 6.45) is 1.53. The minimum Gasteiger partial charge on any atom is -0.379 e. The average Bonchev–Trinajstić information content (AvgIpc) is 3.14. The summed E-state index contributed by atoms with van der Waals surface area (Å²) in [6, 6.07) is 8.81. The number of rotatable bonds is 5. The molecule has 1 aromatic heterocycles. The van der Waals surface area contributed by atoms with E-state index in [-0.39, 0.29) is 5.91 Å². The fraction of sp³-hybridized carbons (Fsp3) is 0.300. The van der Waals surface area contributed by atoms with E-state index in [9.17, 15) is 13.6 Å². The van der Waals surface area contributed by atoms with E-state index in [0.717, 1.165) is 45.0 Å². The van der Waals surface area contributed by atoms with E-state index in [2.05, 4.69) is 15.2 Å². The maximum atomic E-state index is 13.5. The normalized spacial score (nSPS) is 15.1. The second kappa shape index (κ2) is 8.04. The lowest BCUT2D eigenvalue weighted by Crippen LogP contribution is -2.41. The van der Waals surface area contributed by atoms with E-state index in [0.29, 0.717) is 28.8 Å². The Hall–Kier alpha value is -2.84. The van der Waals surface area contributed by atoms with Gasteiger partial charge in [-0.1, -0.05) is 0 Å². The Kier molecular flexibility index (Phi) is 5.31. The minimum absolute atomic E-state index is 0.169. The molecule has 8 heteroatoms. The molecule has 0 unspecified atom stereocenters. The molecule has 0 spiro atoms. The number of carbonyl (C=O) groups is 1. The number of fused-ring (bicyclic) bond motifs is 1. The van der Waals surface area contributed by atoms with Gasteiger partial charge in [-0.05, 0) is 30.3 Å². The molecule has 1 amide bonds. The highest BCUT2D eigenvalue weighted by atomic mass is 19.2. The van der Waals surface area contributed by atoms with Crippen molar-refractivity contribution in [3.63, 3.8) is 0 Å². The van der Waals surface area contributed by atoms with Crippen LogP contribution in [0.15, 0.2) is 42.7 Å². The van der Waals surface area contributed by atoms with Crippen molar-refractivity contribution in [3.05, 3.63) is 59.9 Å². The predicted octanol–water partition coefficient (Wildman–Crippen LogP) is 2.37. The van der Waals surface area contributed by atoms with Gasteiger partial charge in [-0.3, -0.25) is 14.3 Å². The molecule has 4 rings (SSSR count). The topological polar surface area (TPSA) is 59.4 Å². The van der Waals surface area contributed by atoms with Crippen LogP contribution in [0.5, 0.6) is 0 Å². The lowest BCUT2D eigenvalue weighted by Gasteiger charge is -2.26. The van der Waals surface area contributed by atoms with E-state index < -0.39 is 11.6 Å². The van der Waals surface area contributed by atoms with Crippen LogP contribution >= 0.6 is 0 Å². The summed E-state index contributed by atoms with van der Waals surface area (Å²) >= 11 is 0. The fourth-order valence-corrected chi connectivity index (χ4v) is 3.25. The lowest BCUT2D eigenvalue weighted by atomic mass is 10.2. The van der Waals surface area contributed by atoms with Crippen LogP contribution < -0.4 is 5.32 Å². The van der Waals surface area contributed by atoms with Crippen molar-refractivity contribution in [3.8, 4) is 5.69 Å². The molecule has 28 heavy (non-hydrogen) atoms. The first kappa shape index (κ1) is 18.5. The zero-order chi connectivity index (χ0) is 19.5. The molecule has 2 aromatic carbocycles. The van der Waals surface area contributed by atoms with Crippen LogP contribution in [0, 0.1) is 11.6 Å². The summed E-state index contributed by atoms with van der Waals surface area (Å²) in [4.78, 5) is 18.9. The first-order valence-corrected chi connectivity index (χ1v) is 9.12. The van der Waals surface area contributed by atoms with Gasteiger partial charge in [0.25, 0.3) is 5.91 Å². The van der Waals surface area contributed by atoms with Crippen LogP contribution in [0.4, 0.5) is 8.78 Å². The quantitative estimate of drug-likeness (QED) is 0.732. The molecule has 0 radical (unpaired) electrons. The molecule has 1 fully saturated rings. The highest BCUT2D eigenvalue weighted by molar-refractivity contribution is 5.97. The molecule has 0 aliphatic carbocycles. The van der Waals surface area contributed by atoms with Gasteiger partial charge in [0.15, 0.2) is 11.6 Å². The average molecular weight is 386 g/mol. The molecule has 0 atom stereocenters. The van der Waals surface area contributed by atoms with Gasteiger partial charge in [0.1, 0.15) is 6.33 Å². The van der Waals surface area contributed by atoms with Gasteiger partial charge in [-0.15, -0.1) is 0 Å². The van der Waals surface area contributed by atoms with Crippen molar-refractivity contribution < 1.29 is 18.3 Å². The maximum Gasteiger partial charge on any atom is 0.251 e. The number of aromatic nitrogens is 2. The molecule has 1 saturated heterocycles. The first-order chi connectivity index (χ1) is 13.6. The van der Waals surface area contributed by atoms with Crippen LogP contribution in [0.1, 0.15) is 10.4 Å². The van der Waals surface area contributed by atoms with Gasteiger partial charge in [0.2, 0.25) is 0 Å². The molecular formula is C20H20F2N4O2. The first-order valence-electron chi connectivity index (χ1n) is 9.12. The SMILES string of the molecule is O=C(NCCN1CCOCC1)c1ccc2c(c1)ncn2-c1ccc(F)c(F)c1. The Morgan fingerprint density at radius 3 is 2.71 bits per heavy atom. The third-order valence-electron chi connectivity index (χ3n) is 4.81.